The molecule has 0 saturated heterocycles. The highest BCUT2D eigenvalue weighted by Crippen LogP contribution is 2.48. The number of rotatable bonds is 1. The molecule has 1 aliphatic carbocycles. The van der Waals surface area contributed by atoms with Gasteiger partial charge in [-0.15, -0.1) is 0 Å². The van der Waals surface area contributed by atoms with Gasteiger partial charge in [0, 0.05) is 17.3 Å². The quantitative estimate of drug-likeness (QED) is 0.704. The van der Waals surface area contributed by atoms with Crippen molar-refractivity contribution in [3.05, 3.63) is 34.3 Å². The summed E-state index contributed by atoms with van der Waals surface area (Å²) in [7, 11) is 0. The van der Waals surface area contributed by atoms with Crippen molar-refractivity contribution in [3.63, 3.8) is 0 Å². The number of hydrogen-bond acceptors (Lipinski definition) is 0. The average molecular weight is 247 g/mol. The van der Waals surface area contributed by atoms with E-state index in [1.54, 1.807) is 0 Å². The SMILES string of the molecule is FC1(F)CC(c2cccc(Br)c2)C1. The molecule has 1 aromatic carbocycles. The van der Waals surface area contributed by atoms with E-state index in [1.807, 2.05) is 24.3 Å². The Kier molecular flexibility index (Phi) is 2.14. The fourth-order valence-corrected chi connectivity index (χ4v) is 2.07. The molecule has 0 spiro atoms. The summed E-state index contributed by atoms with van der Waals surface area (Å²) >= 11 is 3.32. The van der Waals surface area contributed by atoms with Crippen molar-refractivity contribution in [2.75, 3.05) is 0 Å². The van der Waals surface area contributed by atoms with Crippen molar-refractivity contribution >= 4 is 15.9 Å². The third-order valence-electron chi connectivity index (χ3n) is 2.41. The van der Waals surface area contributed by atoms with Gasteiger partial charge in [0.05, 0.1) is 0 Å². The molecular formula is C10H9BrF2. The van der Waals surface area contributed by atoms with E-state index < -0.39 is 5.92 Å². The van der Waals surface area contributed by atoms with Crippen LogP contribution >= 0.6 is 15.9 Å². The van der Waals surface area contributed by atoms with Crippen LogP contribution in [0.1, 0.15) is 24.3 Å². The van der Waals surface area contributed by atoms with Crippen LogP contribution in [-0.2, 0) is 0 Å². The summed E-state index contributed by atoms with van der Waals surface area (Å²) in [6.45, 7) is 0. The van der Waals surface area contributed by atoms with Crippen LogP contribution in [0, 0.1) is 0 Å². The molecule has 0 unspecified atom stereocenters. The summed E-state index contributed by atoms with van der Waals surface area (Å²) in [5, 5.41) is 0. The summed E-state index contributed by atoms with van der Waals surface area (Å²) in [4.78, 5) is 0. The fourth-order valence-electron chi connectivity index (χ4n) is 1.66. The minimum Gasteiger partial charge on any atom is -0.207 e. The van der Waals surface area contributed by atoms with Crippen LogP contribution in [0.3, 0.4) is 0 Å². The van der Waals surface area contributed by atoms with Crippen molar-refractivity contribution < 1.29 is 8.78 Å². The van der Waals surface area contributed by atoms with Crippen LogP contribution < -0.4 is 0 Å². The Morgan fingerprint density at radius 1 is 1.31 bits per heavy atom. The molecule has 0 radical (unpaired) electrons. The van der Waals surface area contributed by atoms with Crippen molar-refractivity contribution in [3.8, 4) is 0 Å². The lowest BCUT2D eigenvalue weighted by atomic mass is 9.77. The highest BCUT2D eigenvalue weighted by molar-refractivity contribution is 9.10. The first kappa shape index (κ1) is 9.13. The maximum Gasteiger partial charge on any atom is 0.249 e. The molecule has 3 heteroatoms. The first-order chi connectivity index (χ1) is 6.07. The Labute approximate surface area is 84.1 Å². The molecule has 2 rings (SSSR count). The second-order valence-corrected chi connectivity index (χ2v) is 4.43. The normalized spacial score (nSPS) is 21.2. The van der Waals surface area contributed by atoms with E-state index in [-0.39, 0.29) is 18.8 Å². The van der Waals surface area contributed by atoms with Gasteiger partial charge in [-0.05, 0) is 23.6 Å². The largest absolute Gasteiger partial charge is 0.249 e. The average Bonchev–Trinajstić information content (AvgIpc) is 2.00. The Hall–Kier alpha value is -0.440. The Morgan fingerprint density at radius 3 is 2.54 bits per heavy atom. The van der Waals surface area contributed by atoms with Crippen LogP contribution in [-0.4, -0.2) is 5.92 Å². The van der Waals surface area contributed by atoms with Crippen LogP contribution in [0.25, 0.3) is 0 Å². The van der Waals surface area contributed by atoms with Crippen LogP contribution in [0.4, 0.5) is 8.78 Å². The van der Waals surface area contributed by atoms with Gasteiger partial charge in [-0.25, -0.2) is 8.78 Å². The molecule has 0 atom stereocenters. The predicted molar refractivity (Wildman–Crippen MR) is 51.1 cm³/mol. The summed E-state index contributed by atoms with van der Waals surface area (Å²) in [6.07, 6.45) is 0.00685. The van der Waals surface area contributed by atoms with E-state index in [0.29, 0.717) is 0 Å². The minimum atomic E-state index is -2.42. The third kappa shape index (κ3) is 1.90. The summed E-state index contributed by atoms with van der Waals surface area (Å²) in [6, 6.07) is 7.61. The highest BCUT2D eigenvalue weighted by Gasteiger charge is 2.45. The lowest BCUT2D eigenvalue weighted by Crippen LogP contribution is -2.33. The van der Waals surface area contributed by atoms with Crippen molar-refractivity contribution in [2.45, 2.75) is 24.7 Å². The smallest absolute Gasteiger partial charge is 0.207 e. The number of halogens is 3. The van der Waals surface area contributed by atoms with Gasteiger partial charge in [-0.3, -0.25) is 0 Å². The van der Waals surface area contributed by atoms with Gasteiger partial charge in [-0.2, -0.15) is 0 Å². The van der Waals surface area contributed by atoms with Gasteiger partial charge >= 0.3 is 0 Å². The summed E-state index contributed by atoms with van der Waals surface area (Å²) in [5.74, 6) is -2.38. The fraction of sp³-hybridized carbons (Fsp3) is 0.400. The summed E-state index contributed by atoms with van der Waals surface area (Å²) in [5.41, 5.74) is 1.01. The Balaban J connectivity index is 2.11. The first-order valence-corrected chi connectivity index (χ1v) is 4.99. The molecule has 0 nitrogen and oxygen atoms in total. The minimum absolute atomic E-state index is 0.00343. The van der Waals surface area contributed by atoms with Crippen molar-refractivity contribution in [1.29, 1.82) is 0 Å². The molecule has 0 bridgehead atoms. The van der Waals surface area contributed by atoms with E-state index in [4.69, 9.17) is 0 Å². The second kappa shape index (κ2) is 3.05. The van der Waals surface area contributed by atoms with E-state index >= 15 is 0 Å². The van der Waals surface area contributed by atoms with E-state index in [2.05, 4.69) is 15.9 Å². The van der Waals surface area contributed by atoms with Gasteiger partial charge < -0.3 is 0 Å². The molecule has 70 valence electrons. The molecule has 13 heavy (non-hydrogen) atoms. The van der Waals surface area contributed by atoms with E-state index in [9.17, 15) is 8.78 Å². The van der Waals surface area contributed by atoms with E-state index in [0.717, 1.165) is 10.0 Å². The molecule has 0 amide bonds. The van der Waals surface area contributed by atoms with Gasteiger partial charge in [0.25, 0.3) is 0 Å². The van der Waals surface area contributed by atoms with Crippen molar-refractivity contribution in [2.24, 2.45) is 0 Å². The van der Waals surface area contributed by atoms with Gasteiger partial charge in [-0.1, -0.05) is 28.1 Å². The topological polar surface area (TPSA) is 0 Å². The lowest BCUT2D eigenvalue weighted by Gasteiger charge is -2.35. The molecule has 0 aliphatic heterocycles. The molecule has 1 aliphatic rings. The van der Waals surface area contributed by atoms with Crippen LogP contribution in [0.2, 0.25) is 0 Å². The number of hydrogen-bond donors (Lipinski definition) is 0. The lowest BCUT2D eigenvalue weighted by molar-refractivity contribution is -0.0867. The standard InChI is InChI=1S/C10H9BrF2/c11-9-3-1-2-7(4-9)8-5-10(12,13)6-8/h1-4,8H,5-6H2. The van der Waals surface area contributed by atoms with Crippen molar-refractivity contribution in [1.82, 2.24) is 0 Å². The van der Waals surface area contributed by atoms with Crippen LogP contribution in [0.5, 0.6) is 0 Å². The molecule has 1 fully saturated rings. The van der Waals surface area contributed by atoms with Gasteiger partial charge in [0.2, 0.25) is 5.92 Å². The Morgan fingerprint density at radius 2 is 2.00 bits per heavy atom. The van der Waals surface area contributed by atoms with Gasteiger partial charge in [0.1, 0.15) is 0 Å². The summed E-state index contributed by atoms with van der Waals surface area (Å²) < 4.78 is 26.1. The zero-order valence-electron chi connectivity index (χ0n) is 6.93. The third-order valence-corrected chi connectivity index (χ3v) is 2.90. The maximum absolute atomic E-state index is 12.6. The van der Waals surface area contributed by atoms with Crippen LogP contribution in [0.15, 0.2) is 28.7 Å². The van der Waals surface area contributed by atoms with E-state index in [1.165, 1.54) is 0 Å². The Bertz CT molecular complexity index is 314. The molecule has 0 aromatic heterocycles. The first-order valence-electron chi connectivity index (χ1n) is 4.20. The maximum atomic E-state index is 12.6. The molecular weight excluding hydrogens is 238 g/mol. The molecule has 0 heterocycles. The highest BCUT2D eigenvalue weighted by atomic mass is 79.9. The molecule has 0 N–H and O–H groups in total. The number of benzene rings is 1. The predicted octanol–water partition coefficient (Wildman–Crippen LogP) is 3.96. The zero-order valence-corrected chi connectivity index (χ0v) is 8.52. The zero-order chi connectivity index (χ0) is 9.47. The monoisotopic (exact) mass is 246 g/mol. The molecule has 1 saturated carbocycles. The second-order valence-electron chi connectivity index (χ2n) is 3.52. The van der Waals surface area contributed by atoms with Gasteiger partial charge in [0.15, 0.2) is 0 Å². The molecule has 1 aromatic rings. The number of alkyl halides is 2.